The quantitative estimate of drug-likeness (QED) is 0.653. The molecule has 0 radical (unpaired) electrons. The second-order valence-electron chi connectivity index (χ2n) is 5.88. The molecule has 1 aliphatic heterocycles. The van der Waals surface area contributed by atoms with Crippen LogP contribution in [0.2, 0.25) is 0 Å². The Kier molecular flexibility index (Phi) is 4.14. The lowest BCUT2D eigenvalue weighted by Gasteiger charge is -2.07. The van der Waals surface area contributed by atoms with Gasteiger partial charge < -0.3 is 20.1 Å². The molecule has 0 unspecified atom stereocenters. The smallest absolute Gasteiger partial charge is 0.275 e. The number of hydrogen-bond donors (Lipinski definition) is 3. The Morgan fingerprint density at radius 3 is 2.77 bits per heavy atom. The van der Waals surface area contributed by atoms with Crippen LogP contribution in [0.25, 0.3) is 0 Å². The summed E-state index contributed by atoms with van der Waals surface area (Å²) in [6.07, 6.45) is 0. The molecule has 2 heterocycles. The lowest BCUT2D eigenvalue weighted by atomic mass is 10.2. The summed E-state index contributed by atoms with van der Waals surface area (Å²) in [4.78, 5) is 12.4. The van der Waals surface area contributed by atoms with Gasteiger partial charge in [-0.15, -0.1) is 10.2 Å². The highest BCUT2D eigenvalue weighted by atomic mass is 16.7. The molecule has 8 heteroatoms. The summed E-state index contributed by atoms with van der Waals surface area (Å²) < 4.78 is 10.6. The molecular weight excluding hydrogens is 334 g/mol. The first-order valence-electron chi connectivity index (χ1n) is 8.10. The van der Waals surface area contributed by atoms with Gasteiger partial charge in [0.15, 0.2) is 23.0 Å². The van der Waals surface area contributed by atoms with Crippen molar-refractivity contribution in [2.75, 3.05) is 12.1 Å². The minimum absolute atomic E-state index is 0.200. The third-order valence-corrected chi connectivity index (χ3v) is 3.97. The van der Waals surface area contributed by atoms with Crippen molar-refractivity contribution >= 4 is 17.4 Å². The van der Waals surface area contributed by atoms with E-state index in [0.29, 0.717) is 23.9 Å². The molecule has 2 aromatic carbocycles. The lowest BCUT2D eigenvalue weighted by molar-refractivity contribution is 0.0946. The predicted octanol–water partition coefficient (Wildman–Crippen LogP) is 2.52. The van der Waals surface area contributed by atoms with E-state index in [0.717, 1.165) is 16.8 Å². The van der Waals surface area contributed by atoms with Gasteiger partial charge in [0.05, 0.1) is 0 Å². The number of aromatic amines is 1. The van der Waals surface area contributed by atoms with E-state index >= 15 is 0 Å². The number of aromatic nitrogens is 3. The predicted molar refractivity (Wildman–Crippen MR) is 94.6 cm³/mol. The van der Waals surface area contributed by atoms with Crippen molar-refractivity contribution in [1.82, 2.24) is 20.7 Å². The van der Waals surface area contributed by atoms with Crippen LogP contribution in [0, 0.1) is 6.92 Å². The number of nitrogens with one attached hydrogen (secondary N) is 3. The minimum atomic E-state index is -0.328. The maximum absolute atomic E-state index is 12.4. The molecule has 26 heavy (non-hydrogen) atoms. The zero-order valence-electron chi connectivity index (χ0n) is 14.1. The van der Waals surface area contributed by atoms with Crippen LogP contribution < -0.4 is 20.1 Å². The number of amides is 1. The van der Waals surface area contributed by atoms with E-state index in [9.17, 15) is 4.79 Å². The summed E-state index contributed by atoms with van der Waals surface area (Å²) in [5, 5.41) is 16.4. The molecular formula is C18H17N5O3. The highest BCUT2D eigenvalue weighted by molar-refractivity contribution is 5.97. The fraction of sp³-hybridized carbons (Fsp3) is 0.167. The second kappa shape index (κ2) is 6.75. The minimum Gasteiger partial charge on any atom is -0.454 e. The summed E-state index contributed by atoms with van der Waals surface area (Å²) >= 11 is 0. The third-order valence-electron chi connectivity index (χ3n) is 3.97. The van der Waals surface area contributed by atoms with Crippen molar-refractivity contribution in [1.29, 1.82) is 0 Å². The van der Waals surface area contributed by atoms with Crippen molar-refractivity contribution in [2.45, 2.75) is 13.5 Å². The summed E-state index contributed by atoms with van der Waals surface area (Å²) in [5.74, 6) is 1.43. The van der Waals surface area contributed by atoms with Crippen molar-refractivity contribution < 1.29 is 14.3 Å². The standard InChI is InChI=1S/C18H17N5O3/c1-11-2-5-13(6-3-11)20-17-16(21-23-22-17)18(24)19-9-12-4-7-14-15(8-12)26-10-25-14/h2-8H,9-10H2,1H3,(H,19,24)(H2,20,21,22,23). The van der Waals surface area contributed by atoms with Gasteiger partial charge in [0.1, 0.15) is 0 Å². The number of benzene rings is 2. The number of carbonyl (C=O) groups excluding carboxylic acids is 1. The Morgan fingerprint density at radius 2 is 1.92 bits per heavy atom. The van der Waals surface area contributed by atoms with Gasteiger partial charge in [-0.05, 0) is 36.8 Å². The zero-order chi connectivity index (χ0) is 17.9. The maximum atomic E-state index is 12.4. The van der Waals surface area contributed by atoms with E-state index < -0.39 is 0 Å². The SMILES string of the molecule is Cc1ccc(Nc2n[nH]nc2C(=O)NCc2ccc3c(c2)OCO3)cc1. The van der Waals surface area contributed by atoms with Gasteiger partial charge >= 0.3 is 0 Å². The van der Waals surface area contributed by atoms with Gasteiger partial charge in [-0.1, -0.05) is 23.8 Å². The topological polar surface area (TPSA) is 101 Å². The molecule has 3 N–H and O–H groups in total. The average Bonchev–Trinajstić information content (AvgIpc) is 3.30. The Bertz CT molecular complexity index is 936. The zero-order valence-corrected chi connectivity index (χ0v) is 14.1. The largest absolute Gasteiger partial charge is 0.454 e. The first-order chi connectivity index (χ1) is 12.7. The third kappa shape index (κ3) is 3.30. The highest BCUT2D eigenvalue weighted by Gasteiger charge is 2.17. The summed E-state index contributed by atoms with van der Waals surface area (Å²) in [5.41, 5.74) is 3.08. The maximum Gasteiger partial charge on any atom is 0.275 e. The Hall–Kier alpha value is -3.55. The molecule has 1 aliphatic rings. The molecule has 0 saturated carbocycles. The number of nitrogens with zero attached hydrogens (tertiary/aromatic N) is 2. The molecule has 4 rings (SSSR count). The number of ether oxygens (including phenoxy) is 2. The highest BCUT2D eigenvalue weighted by Crippen LogP contribution is 2.32. The molecule has 1 amide bonds. The van der Waals surface area contributed by atoms with Gasteiger partial charge in [0.2, 0.25) is 6.79 Å². The van der Waals surface area contributed by atoms with E-state index in [1.807, 2.05) is 49.4 Å². The van der Waals surface area contributed by atoms with E-state index in [4.69, 9.17) is 9.47 Å². The van der Waals surface area contributed by atoms with Crippen LogP contribution in [0.3, 0.4) is 0 Å². The summed E-state index contributed by atoms with van der Waals surface area (Å²) in [6, 6.07) is 13.3. The van der Waals surface area contributed by atoms with E-state index in [2.05, 4.69) is 26.0 Å². The normalized spacial score (nSPS) is 12.0. The van der Waals surface area contributed by atoms with Crippen LogP contribution in [-0.2, 0) is 6.54 Å². The number of rotatable bonds is 5. The molecule has 0 bridgehead atoms. The van der Waals surface area contributed by atoms with Gasteiger partial charge in [-0.2, -0.15) is 5.21 Å². The fourth-order valence-electron chi connectivity index (χ4n) is 2.57. The van der Waals surface area contributed by atoms with Gasteiger partial charge in [0, 0.05) is 12.2 Å². The van der Waals surface area contributed by atoms with Crippen LogP contribution in [-0.4, -0.2) is 28.1 Å². The molecule has 0 aliphatic carbocycles. The first kappa shape index (κ1) is 15.9. The molecule has 0 fully saturated rings. The van der Waals surface area contributed by atoms with Crippen molar-refractivity contribution in [3.63, 3.8) is 0 Å². The average molecular weight is 351 g/mol. The Morgan fingerprint density at radius 1 is 1.12 bits per heavy atom. The monoisotopic (exact) mass is 351 g/mol. The molecule has 8 nitrogen and oxygen atoms in total. The summed E-state index contributed by atoms with van der Waals surface area (Å²) in [7, 11) is 0. The van der Waals surface area contributed by atoms with Crippen LogP contribution in [0.5, 0.6) is 11.5 Å². The number of carbonyl (C=O) groups is 1. The van der Waals surface area contributed by atoms with Gasteiger partial charge in [-0.25, -0.2) is 0 Å². The van der Waals surface area contributed by atoms with Crippen LogP contribution >= 0.6 is 0 Å². The number of fused-ring (bicyclic) bond motifs is 1. The molecule has 0 atom stereocenters. The van der Waals surface area contributed by atoms with Crippen molar-refractivity contribution in [3.8, 4) is 11.5 Å². The van der Waals surface area contributed by atoms with Crippen molar-refractivity contribution in [3.05, 3.63) is 59.3 Å². The van der Waals surface area contributed by atoms with Crippen molar-refractivity contribution in [2.24, 2.45) is 0 Å². The van der Waals surface area contributed by atoms with Crippen LogP contribution in [0.4, 0.5) is 11.5 Å². The van der Waals surface area contributed by atoms with E-state index in [-0.39, 0.29) is 18.4 Å². The van der Waals surface area contributed by atoms with E-state index in [1.54, 1.807) is 0 Å². The second-order valence-corrected chi connectivity index (χ2v) is 5.88. The van der Waals surface area contributed by atoms with Crippen LogP contribution in [0.1, 0.15) is 21.6 Å². The molecule has 0 saturated heterocycles. The summed E-state index contributed by atoms with van der Waals surface area (Å²) in [6.45, 7) is 2.57. The van der Waals surface area contributed by atoms with Crippen LogP contribution in [0.15, 0.2) is 42.5 Å². The number of anilines is 2. The first-order valence-corrected chi connectivity index (χ1v) is 8.10. The molecule has 132 valence electrons. The number of hydrogen-bond acceptors (Lipinski definition) is 6. The molecule has 0 spiro atoms. The fourth-order valence-corrected chi connectivity index (χ4v) is 2.57. The van der Waals surface area contributed by atoms with Gasteiger partial charge in [-0.3, -0.25) is 4.79 Å². The number of H-pyrrole nitrogens is 1. The Balaban J connectivity index is 1.42. The lowest BCUT2D eigenvalue weighted by Crippen LogP contribution is -2.24. The van der Waals surface area contributed by atoms with Gasteiger partial charge in [0.25, 0.3) is 5.91 Å². The number of aryl methyl sites for hydroxylation is 1. The molecule has 1 aromatic heterocycles. The van der Waals surface area contributed by atoms with E-state index in [1.165, 1.54) is 0 Å². The Labute approximate surface area is 149 Å². The molecule has 3 aromatic rings.